The van der Waals surface area contributed by atoms with Crippen LogP contribution in [0.15, 0.2) is 48.6 Å². The van der Waals surface area contributed by atoms with Gasteiger partial charge in [0.05, 0.1) is 25.2 Å². The predicted molar refractivity (Wildman–Crippen MR) is 269 cm³/mol. The fraction of sp³-hybridized carbons (Fsp3) is 0.821. The van der Waals surface area contributed by atoms with Crippen molar-refractivity contribution < 1.29 is 24.5 Å². The number of carbonyl (C=O) groups is 2. The second-order valence-corrected chi connectivity index (χ2v) is 18.3. The van der Waals surface area contributed by atoms with Crippen LogP contribution in [0, 0.1) is 0 Å². The van der Waals surface area contributed by atoms with Crippen molar-refractivity contribution in [2.24, 2.45) is 0 Å². The summed E-state index contributed by atoms with van der Waals surface area (Å²) in [5.74, 6) is -0.519. The molecule has 362 valence electrons. The first-order chi connectivity index (χ1) is 30.5. The summed E-state index contributed by atoms with van der Waals surface area (Å²) in [6.45, 7) is 6.37. The van der Waals surface area contributed by atoms with Crippen molar-refractivity contribution >= 4 is 11.9 Å². The van der Waals surface area contributed by atoms with Gasteiger partial charge in [-0.05, 0) is 57.8 Å². The first-order valence-corrected chi connectivity index (χ1v) is 26.9. The summed E-state index contributed by atoms with van der Waals surface area (Å²) in [4.78, 5) is 26.2. The van der Waals surface area contributed by atoms with Crippen LogP contribution in [0.4, 0.5) is 0 Å². The number of nitrogens with one attached hydrogen (secondary N) is 1. The van der Waals surface area contributed by atoms with Gasteiger partial charge in [0.25, 0.3) is 0 Å². The summed E-state index contributed by atoms with van der Waals surface area (Å²) in [5, 5.41) is 23.8. The fourth-order valence-corrected chi connectivity index (χ4v) is 8.13. The number of esters is 1. The van der Waals surface area contributed by atoms with Gasteiger partial charge in [-0.15, -0.1) is 0 Å². The Morgan fingerprint density at radius 1 is 0.484 bits per heavy atom. The summed E-state index contributed by atoms with van der Waals surface area (Å²) in [5.41, 5.74) is 0. The highest BCUT2D eigenvalue weighted by molar-refractivity contribution is 5.77. The Morgan fingerprint density at radius 3 is 1.29 bits per heavy atom. The summed E-state index contributed by atoms with van der Waals surface area (Å²) < 4.78 is 5.91. The van der Waals surface area contributed by atoms with Crippen LogP contribution < -0.4 is 5.32 Å². The maximum Gasteiger partial charge on any atom is 0.306 e. The van der Waals surface area contributed by atoms with Gasteiger partial charge in [-0.25, -0.2) is 0 Å². The lowest BCUT2D eigenvalue weighted by Crippen LogP contribution is -2.46. The topological polar surface area (TPSA) is 95.9 Å². The van der Waals surface area contributed by atoms with Gasteiger partial charge in [0.15, 0.2) is 0 Å². The van der Waals surface area contributed by atoms with E-state index in [0.717, 1.165) is 77.0 Å². The Balaban J connectivity index is 4.61. The number of carbonyl (C=O) groups excluding carboxylic acids is 2. The van der Waals surface area contributed by atoms with Crippen LogP contribution in [-0.4, -0.2) is 46.9 Å². The van der Waals surface area contributed by atoms with Gasteiger partial charge in [0.1, 0.15) is 6.10 Å². The molecule has 3 unspecified atom stereocenters. The van der Waals surface area contributed by atoms with E-state index in [4.69, 9.17) is 4.74 Å². The van der Waals surface area contributed by atoms with Crippen LogP contribution in [-0.2, 0) is 14.3 Å². The van der Waals surface area contributed by atoms with Gasteiger partial charge in [-0.2, -0.15) is 0 Å². The SMILES string of the molecule is CC/C=C/C/C=C/C/C=C/C/C=C/CCCC(CC(=O)NC(CO)C(O)CCCCCCCCCCCCCCCCC)OC(=O)CCCCCCCCCCCCCCCC. The normalized spacial score (nSPS) is 13.6. The second-order valence-electron chi connectivity index (χ2n) is 18.3. The minimum absolute atomic E-state index is 0.0425. The molecule has 0 aliphatic rings. The van der Waals surface area contributed by atoms with E-state index in [1.807, 2.05) is 0 Å². The zero-order valence-electron chi connectivity index (χ0n) is 41.3. The van der Waals surface area contributed by atoms with Crippen molar-refractivity contribution in [3.8, 4) is 0 Å². The molecule has 0 aromatic carbocycles. The summed E-state index contributed by atoms with van der Waals surface area (Å²) in [6, 6.07) is -0.717. The lowest BCUT2D eigenvalue weighted by Gasteiger charge is -2.24. The molecule has 3 atom stereocenters. The van der Waals surface area contributed by atoms with E-state index in [1.54, 1.807) is 0 Å². The number of allylic oxidation sites excluding steroid dienone is 8. The van der Waals surface area contributed by atoms with Crippen molar-refractivity contribution in [2.75, 3.05) is 6.61 Å². The van der Waals surface area contributed by atoms with Gasteiger partial charge in [-0.3, -0.25) is 9.59 Å². The van der Waals surface area contributed by atoms with Crippen LogP contribution in [0.1, 0.15) is 271 Å². The molecule has 3 N–H and O–H groups in total. The van der Waals surface area contributed by atoms with Crippen LogP contribution in [0.2, 0.25) is 0 Å². The third-order valence-corrected chi connectivity index (χ3v) is 12.2. The quantitative estimate of drug-likeness (QED) is 0.0322. The highest BCUT2D eigenvalue weighted by Crippen LogP contribution is 2.18. The first kappa shape index (κ1) is 59.8. The highest BCUT2D eigenvalue weighted by Gasteiger charge is 2.24. The van der Waals surface area contributed by atoms with Crippen molar-refractivity contribution in [1.82, 2.24) is 5.32 Å². The predicted octanol–water partition coefficient (Wildman–Crippen LogP) is 16.2. The van der Waals surface area contributed by atoms with Crippen molar-refractivity contribution in [3.05, 3.63) is 48.6 Å². The molecular formula is C56H103NO5. The molecule has 0 radical (unpaired) electrons. The standard InChI is InChI=1S/C56H103NO5/c1-4-7-10-13-16-19-22-25-28-30-33-36-39-42-45-48-54(59)53(51-58)57-55(60)50-52(47-44-41-38-35-32-29-26-23-20-17-14-11-8-5-2)62-56(61)49-46-43-40-37-34-31-27-24-21-18-15-12-9-6-3/h8,11,17,20,26,29,35,38,52-54,58-59H,4-7,9-10,12-16,18-19,21-25,27-28,30-34,36-37,39-51H2,1-3H3,(H,57,60)/b11-8+,20-17+,29-26+,38-35+. The Hall–Kier alpha value is -2.18. The minimum Gasteiger partial charge on any atom is -0.462 e. The molecule has 0 saturated carbocycles. The molecule has 0 saturated heterocycles. The average Bonchev–Trinajstić information content (AvgIpc) is 3.26. The molecule has 6 nitrogen and oxygen atoms in total. The molecule has 0 aliphatic carbocycles. The van der Waals surface area contributed by atoms with E-state index < -0.39 is 18.2 Å². The molecule has 6 heteroatoms. The van der Waals surface area contributed by atoms with Crippen LogP contribution in [0.25, 0.3) is 0 Å². The summed E-state index contributed by atoms with van der Waals surface area (Å²) in [7, 11) is 0. The first-order valence-electron chi connectivity index (χ1n) is 26.9. The second kappa shape index (κ2) is 49.8. The maximum atomic E-state index is 13.2. The number of rotatable bonds is 48. The Kier molecular flexibility index (Phi) is 48.1. The van der Waals surface area contributed by atoms with E-state index in [2.05, 4.69) is 74.7 Å². The van der Waals surface area contributed by atoms with E-state index in [9.17, 15) is 19.8 Å². The Morgan fingerprint density at radius 2 is 0.871 bits per heavy atom. The Bertz CT molecular complexity index is 1070. The van der Waals surface area contributed by atoms with Gasteiger partial charge >= 0.3 is 5.97 Å². The number of ether oxygens (including phenoxy) is 1. The maximum absolute atomic E-state index is 13.2. The largest absolute Gasteiger partial charge is 0.462 e. The smallest absolute Gasteiger partial charge is 0.306 e. The van der Waals surface area contributed by atoms with E-state index in [0.29, 0.717) is 19.3 Å². The van der Waals surface area contributed by atoms with Crippen LogP contribution in [0.5, 0.6) is 0 Å². The molecule has 0 fully saturated rings. The number of unbranched alkanes of at least 4 members (excludes halogenated alkanes) is 28. The molecule has 0 heterocycles. The molecule has 0 aliphatic heterocycles. The number of hydrogen-bond acceptors (Lipinski definition) is 5. The van der Waals surface area contributed by atoms with Crippen molar-refractivity contribution in [3.63, 3.8) is 0 Å². The third kappa shape index (κ3) is 44.4. The molecular weight excluding hydrogens is 767 g/mol. The van der Waals surface area contributed by atoms with Gasteiger partial charge in [-0.1, -0.05) is 249 Å². The van der Waals surface area contributed by atoms with Crippen LogP contribution >= 0.6 is 0 Å². The molecule has 0 rings (SSSR count). The van der Waals surface area contributed by atoms with E-state index in [1.165, 1.54) is 148 Å². The van der Waals surface area contributed by atoms with Gasteiger partial charge < -0.3 is 20.3 Å². The van der Waals surface area contributed by atoms with Crippen molar-refractivity contribution in [1.29, 1.82) is 0 Å². The molecule has 62 heavy (non-hydrogen) atoms. The number of hydrogen-bond donors (Lipinski definition) is 3. The monoisotopic (exact) mass is 870 g/mol. The minimum atomic E-state index is -0.801. The molecule has 1 amide bonds. The van der Waals surface area contributed by atoms with E-state index >= 15 is 0 Å². The third-order valence-electron chi connectivity index (χ3n) is 12.2. The molecule has 0 spiro atoms. The zero-order chi connectivity index (χ0) is 45.2. The fourth-order valence-electron chi connectivity index (χ4n) is 8.13. The Labute approximate surface area is 385 Å². The average molecular weight is 870 g/mol. The van der Waals surface area contributed by atoms with Gasteiger partial charge in [0, 0.05) is 6.42 Å². The lowest BCUT2D eigenvalue weighted by molar-refractivity contribution is -0.151. The molecule has 0 bridgehead atoms. The number of aliphatic hydroxyl groups is 2. The molecule has 0 aromatic heterocycles. The zero-order valence-corrected chi connectivity index (χ0v) is 41.3. The number of aliphatic hydroxyl groups excluding tert-OH is 2. The van der Waals surface area contributed by atoms with Gasteiger partial charge in [0.2, 0.25) is 5.91 Å². The van der Waals surface area contributed by atoms with Crippen LogP contribution in [0.3, 0.4) is 0 Å². The molecule has 0 aromatic rings. The summed E-state index contributed by atoms with van der Waals surface area (Å²) >= 11 is 0. The number of amides is 1. The van der Waals surface area contributed by atoms with E-state index in [-0.39, 0.29) is 24.9 Å². The summed E-state index contributed by atoms with van der Waals surface area (Å²) in [6.07, 6.45) is 60.3. The van der Waals surface area contributed by atoms with Crippen molar-refractivity contribution in [2.45, 2.75) is 289 Å². The lowest BCUT2D eigenvalue weighted by atomic mass is 10.0. The highest BCUT2D eigenvalue weighted by atomic mass is 16.5.